The molecule has 1 aliphatic carbocycles. The van der Waals surface area contributed by atoms with Gasteiger partial charge in [0.2, 0.25) is 0 Å². The van der Waals surface area contributed by atoms with Crippen molar-refractivity contribution in [3.63, 3.8) is 0 Å². The summed E-state index contributed by atoms with van der Waals surface area (Å²) in [6.07, 6.45) is 0.446. The van der Waals surface area contributed by atoms with Crippen molar-refractivity contribution in [1.29, 1.82) is 0 Å². The first kappa shape index (κ1) is 23.2. The monoisotopic (exact) mass is 487 g/mol. The van der Waals surface area contributed by atoms with Crippen molar-refractivity contribution in [2.24, 2.45) is 5.73 Å². The van der Waals surface area contributed by atoms with Crippen molar-refractivity contribution in [2.75, 3.05) is 31.1 Å². The number of anilines is 1. The highest BCUT2D eigenvalue weighted by Gasteiger charge is 2.45. The van der Waals surface area contributed by atoms with Gasteiger partial charge in [-0.25, -0.2) is 13.2 Å². The summed E-state index contributed by atoms with van der Waals surface area (Å²) < 4.78 is 43.5. The van der Waals surface area contributed by atoms with Gasteiger partial charge in [-0.15, -0.1) is 11.3 Å². The van der Waals surface area contributed by atoms with E-state index in [9.17, 15) is 18.0 Å². The SMILES string of the molecule is CC1CN(c2cccc3cc(F)ccc23)CCN1CCC1c2cc(C(N)=O)sc2CCC1(F)F. The van der Waals surface area contributed by atoms with E-state index in [4.69, 9.17) is 5.73 Å². The number of rotatable bonds is 5. The van der Waals surface area contributed by atoms with E-state index in [-0.39, 0.29) is 18.3 Å². The summed E-state index contributed by atoms with van der Waals surface area (Å²) in [5, 5.41) is 1.88. The molecule has 1 saturated heterocycles. The molecular weight excluding hydrogens is 459 g/mol. The van der Waals surface area contributed by atoms with E-state index in [0.717, 1.165) is 41.0 Å². The van der Waals surface area contributed by atoms with Crippen LogP contribution < -0.4 is 10.6 Å². The quantitative estimate of drug-likeness (QED) is 0.524. The average molecular weight is 488 g/mol. The van der Waals surface area contributed by atoms with Gasteiger partial charge in [-0.3, -0.25) is 9.69 Å². The number of carbonyl (C=O) groups is 1. The van der Waals surface area contributed by atoms with E-state index in [2.05, 4.69) is 22.8 Å². The van der Waals surface area contributed by atoms with Crippen LogP contribution in [0.2, 0.25) is 0 Å². The lowest BCUT2D eigenvalue weighted by Crippen LogP contribution is -2.52. The number of primary amides is 1. The standard InChI is InChI=1S/C26H28F3N3OS/c1-16-15-32(22-4-2-3-17-13-18(27)5-6-19(17)22)12-11-31(16)10-8-21-20-14-24(25(30)33)34-23(20)7-9-26(21,28)29/h2-6,13-14,16,21H,7-12,15H2,1H3,(H2,30,33). The minimum absolute atomic E-state index is 0.185. The molecule has 0 radical (unpaired) electrons. The van der Waals surface area contributed by atoms with Gasteiger partial charge in [0.1, 0.15) is 5.82 Å². The van der Waals surface area contributed by atoms with Crippen LogP contribution in [0.4, 0.5) is 18.9 Å². The highest BCUT2D eigenvalue weighted by atomic mass is 32.1. The fraction of sp³-hybridized carbons (Fsp3) is 0.423. The van der Waals surface area contributed by atoms with Crippen LogP contribution in [0.5, 0.6) is 0 Å². The Morgan fingerprint density at radius 2 is 2.03 bits per heavy atom. The Balaban J connectivity index is 1.29. The average Bonchev–Trinajstić information content (AvgIpc) is 3.23. The number of halogens is 3. The molecule has 2 aromatic carbocycles. The molecule has 1 aromatic heterocycles. The second-order valence-corrected chi connectivity index (χ2v) is 10.6. The normalized spacial score (nSPS) is 22.6. The van der Waals surface area contributed by atoms with E-state index in [1.807, 2.05) is 18.2 Å². The van der Waals surface area contributed by atoms with Gasteiger partial charge in [0.25, 0.3) is 11.8 Å². The number of thiophene rings is 1. The zero-order chi connectivity index (χ0) is 24.0. The summed E-state index contributed by atoms with van der Waals surface area (Å²) in [6, 6.07) is 12.5. The molecule has 3 aromatic rings. The molecule has 0 spiro atoms. The number of benzene rings is 2. The number of carbonyl (C=O) groups excluding carboxylic acids is 1. The zero-order valence-electron chi connectivity index (χ0n) is 19.1. The molecule has 4 nitrogen and oxygen atoms in total. The Labute approximate surface area is 201 Å². The molecule has 2 atom stereocenters. The molecular formula is C26H28F3N3OS. The summed E-state index contributed by atoms with van der Waals surface area (Å²) in [7, 11) is 0. The Bertz CT molecular complexity index is 1230. The number of fused-ring (bicyclic) bond motifs is 2. The number of nitrogens with zero attached hydrogens (tertiary/aromatic N) is 2. The van der Waals surface area contributed by atoms with Crippen LogP contribution in [0.25, 0.3) is 10.8 Å². The van der Waals surface area contributed by atoms with Gasteiger partial charge in [-0.2, -0.15) is 0 Å². The van der Waals surface area contributed by atoms with Crippen molar-refractivity contribution in [3.8, 4) is 0 Å². The molecule has 2 heterocycles. The van der Waals surface area contributed by atoms with Crippen molar-refractivity contribution in [1.82, 2.24) is 4.90 Å². The smallest absolute Gasteiger partial charge is 0.258 e. The maximum atomic E-state index is 14.9. The largest absolute Gasteiger partial charge is 0.368 e. The third-order valence-corrected chi connectivity index (χ3v) is 8.51. The lowest BCUT2D eigenvalue weighted by Gasteiger charge is -2.42. The summed E-state index contributed by atoms with van der Waals surface area (Å²) in [5.74, 6) is -4.48. The number of hydrogen-bond acceptors (Lipinski definition) is 4. The minimum atomic E-state index is -2.79. The first-order valence-electron chi connectivity index (χ1n) is 11.7. The number of alkyl halides is 2. The summed E-state index contributed by atoms with van der Waals surface area (Å²) in [4.78, 5) is 17.4. The van der Waals surface area contributed by atoms with Crippen LogP contribution in [0.15, 0.2) is 42.5 Å². The molecule has 180 valence electrons. The fourth-order valence-electron chi connectivity index (χ4n) is 5.46. The number of hydrogen-bond donors (Lipinski definition) is 1. The molecule has 1 aliphatic heterocycles. The maximum Gasteiger partial charge on any atom is 0.258 e. The van der Waals surface area contributed by atoms with E-state index in [0.29, 0.717) is 29.8 Å². The van der Waals surface area contributed by atoms with E-state index in [1.165, 1.54) is 17.4 Å². The van der Waals surface area contributed by atoms with Crippen molar-refractivity contribution in [3.05, 3.63) is 63.6 Å². The first-order valence-corrected chi connectivity index (χ1v) is 12.5. The van der Waals surface area contributed by atoms with E-state index < -0.39 is 17.7 Å². The summed E-state index contributed by atoms with van der Waals surface area (Å²) in [5.41, 5.74) is 7.08. The van der Waals surface area contributed by atoms with Crippen molar-refractivity contribution in [2.45, 2.75) is 44.1 Å². The molecule has 1 fully saturated rings. The molecule has 2 aliphatic rings. The van der Waals surface area contributed by atoms with Gasteiger partial charge in [0.05, 0.1) is 10.8 Å². The van der Waals surface area contributed by atoms with Crippen LogP contribution in [0, 0.1) is 5.82 Å². The van der Waals surface area contributed by atoms with Crippen LogP contribution >= 0.6 is 11.3 Å². The molecule has 2 unspecified atom stereocenters. The second-order valence-electron chi connectivity index (χ2n) is 9.43. The number of piperazine rings is 1. The van der Waals surface area contributed by atoms with E-state index >= 15 is 0 Å². The van der Waals surface area contributed by atoms with Crippen LogP contribution in [-0.2, 0) is 6.42 Å². The molecule has 0 saturated carbocycles. The van der Waals surface area contributed by atoms with Gasteiger partial charge in [-0.1, -0.05) is 12.1 Å². The Morgan fingerprint density at radius 3 is 2.79 bits per heavy atom. The Morgan fingerprint density at radius 1 is 1.21 bits per heavy atom. The van der Waals surface area contributed by atoms with Crippen LogP contribution in [0.1, 0.15) is 45.8 Å². The lowest BCUT2D eigenvalue weighted by molar-refractivity contribution is -0.0463. The van der Waals surface area contributed by atoms with Crippen molar-refractivity contribution < 1.29 is 18.0 Å². The maximum absolute atomic E-state index is 14.9. The van der Waals surface area contributed by atoms with E-state index in [1.54, 1.807) is 12.1 Å². The van der Waals surface area contributed by atoms with Crippen LogP contribution in [0.3, 0.4) is 0 Å². The zero-order valence-corrected chi connectivity index (χ0v) is 19.9. The topological polar surface area (TPSA) is 49.6 Å². The fourth-order valence-corrected chi connectivity index (χ4v) is 6.53. The second kappa shape index (κ2) is 8.89. The molecule has 0 bridgehead atoms. The van der Waals surface area contributed by atoms with Gasteiger partial charge in [-0.05, 0) is 67.6 Å². The number of nitrogens with two attached hydrogens (primary N) is 1. The molecule has 1 amide bonds. The Kier molecular flexibility index (Phi) is 6.06. The predicted octanol–water partition coefficient (Wildman–Crippen LogP) is 5.41. The van der Waals surface area contributed by atoms with Gasteiger partial charge in [0, 0.05) is 48.0 Å². The Hall–Kier alpha value is -2.58. The molecule has 8 heteroatoms. The first-order chi connectivity index (χ1) is 16.2. The number of amides is 1. The lowest BCUT2D eigenvalue weighted by atomic mass is 9.81. The van der Waals surface area contributed by atoms with Crippen LogP contribution in [-0.4, -0.2) is 49.0 Å². The van der Waals surface area contributed by atoms with Gasteiger partial charge in [0.15, 0.2) is 0 Å². The number of aryl methyl sites for hydroxylation is 1. The molecule has 2 N–H and O–H groups in total. The third-order valence-electron chi connectivity index (χ3n) is 7.29. The minimum Gasteiger partial charge on any atom is -0.368 e. The summed E-state index contributed by atoms with van der Waals surface area (Å²) in [6.45, 7) is 5.00. The van der Waals surface area contributed by atoms with Gasteiger partial charge < -0.3 is 10.6 Å². The predicted molar refractivity (Wildman–Crippen MR) is 131 cm³/mol. The highest BCUT2D eigenvalue weighted by molar-refractivity contribution is 7.14. The summed E-state index contributed by atoms with van der Waals surface area (Å²) >= 11 is 1.26. The van der Waals surface area contributed by atoms with Gasteiger partial charge >= 0.3 is 0 Å². The molecule has 34 heavy (non-hydrogen) atoms. The third kappa shape index (κ3) is 4.29. The molecule has 5 rings (SSSR count). The van der Waals surface area contributed by atoms with Crippen molar-refractivity contribution >= 4 is 33.7 Å². The highest BCUT2D eigenvalue weighted by Crippen LogP contribution is 2.47.